The van der Waals surface area contributed by atoms with E-state index in [1.54, 1.807) is 27.7 Å². The number of hydrogen-bond acceptors (Lipinski definition) is 4. The van der Waals surface area contributed by atoms with Crippen LogP contribution in [0, 0.1) is 5.41 Å². The summed E-state index contributed by atoms with van der Waals surface area (Å²) < 4.78 is 5.16. The van der Waals surface area contributed by atoms with Gasteiger partial charge in [-0.2, -0.15) is 0 Å². The summed E-state index contributed by atoms with van der Waals surface area (Å²) in [5.41, 5.74) is -1.13. The topological polar surface area (TPSA) is 66.8 Å². The molecule has 1 heterocycles. The average molecular weight is 229 g/mol. The van der Waals surface area contributed by atoms with Crippen molar-refractivity contribution >= 4 is 11.9 Å². The van der Waals surface area contributed by atoms with E-state index in [0.29, 0.717) is 13.1 Å². The molecule has 0 aliphatic carbocycles. The molecule has 0 spiro atoms. The number of carbonyl (C=O) groups excluding carboxylic acids is 2. The summed E-state index contributed by atoms with van der Waals surface area (Å²) in [5, 5.41) is 8.76. The summed E-state index contributed by atoms with van der Waals surface area (Å²) in [6.07, 6.45) is -0.407. The first-order valence-electron chi connectivity index (χ1n) is 5.30. The van der Waals surface area contributed by atoms with E-state index in [9.17, 15) is 9.59 Å². The molecule has 16 heavy (non-hydrogen) atoms. The number of ketones is 1. The van der Waals surface area contributed by atoms with Crippen LogP contribution in [0.1, 0.15) is 27.7 Å². The molecule has 0 radical (unpaired) electrons. The van der Waals surface area contributed by atoms with Crippen LogP contribution in [-0.4, -0.2) is 47.2 Å². The highest BCUT2D eigenvalue weighted by Crippen LogP contribution is 2.31. The Labute approximate surface area is 95.4 Å². The smallest absolute Gasteiger partial charge is 0.410 e. The molecule has 1 saturated heterocycles. The summed E-state index contributed by atoms with van der Waals surface area (Å²) in [6.45, 7) is 7.29. The zero-order valence-corrected chi connectivity index (χ0v) is 10.2. The van der Waals surface area contributed by atoms with Crippen molar-refractivity contribution < 1.29 is 19.4 Å². The van der Waals surface area contributed by atoms with Gasteiger partial charge >= 0.3 is 6.09 Å². The Bertz CT molecular complexity index is 300. The molecule has 1 aliphatic rings. The molecule has 1 N–H and O–H groups in total. The van der Waals surface area contributed by atoms with Crippen molar-refractivity contribution in [1.29, 1.82) is 0 Å². The number of nitrogens with zero attached hydrogens (tertiary/aromatic N) is 1. The first-order chi connectivity index (χ1) is 7.18. The highest BCUT2D eigenvalue weighted by molar-refractivity contribution is 5.88. The second-order valence-corrected chi connectivity index (χ2v) is 5.48. The summed E-state index contributed by atoms with van der Waals surface area (Å²) in [4.78, 5) is 24.4. The number of rotatable bonds is 2. The van der Waals surface area contributed by atoms with Crippen LogP contribution in [-0.2, 0) is 9.53 Å². The van der Waals surface area contributed by atoms with E-state index in [1.807, 2.05) is 0 Å². The van der Waals surface area contributed by atoms with Crippen LogP contribution >= 0.6 is 0 Å². The molecular formula is C11H19NO4. The molecule has 1 fully saturated rings. The Morgan fingerprint density at radius 3 is 2.25 bits per heavy atom. The zero-order chi connectivity index (χ0) is 12.6. The minimum absolute atomic E-state index is 0.229. The van der Waals surface area contributed by atoms with Gasteiger partial charge in [-0.1, -0.05) is 0 Å². The quantitative estimate of drug-likeness (QED) is 0.760. The predicted molar refractivity (Wildman–Crippen MR) is 58.0 cm³/mol. The molecule has 0 unspecified atom stereocenters. The Morgan fingerprint density at radius 1 is 1.38 bits per heavy atom. The van der Waals surface area contributed by atoms with Crippen LogP contribution in [0.4, 0.5) is 4.79 Å². The van der Waals surface area contributed by atoms with E-state index in [1.165, 1.54) is 4.90 Å². The lowest BCUT2D eigenvalue weighted by atomic mass is 9.78. The molecule has 1 amide bonds. The van der Waals surface area contributed by atoms with Gasteiger partial charge in [0.05, 0.1) is 5.41 Å². The fraction of sp³-hybridized carbons (Fsp3) is 0.818. The van der Waals surface area contributed by atoms with E-state index in [4.69, 9.17) is 9.84 Å². The van der Waals surface area contributed by atoms with Crippen molar-refractivity contribution in [3.63, 3.8) is 0 Å². The molecule has 1 rings (SSSR count). The normalized spacial score (nSPS) is 18.9. The molecule has 1 aliphatic heterocycles. The van der Waals surface area contributed by atoms with Crippen molar-refractivity contribution in [2.24, 2.45) is 5.41 Å². The van der Waals surface area contributed by atoms with Gasteiger partial charge in [-0.15, -0.1) is 0 Å². The van der Waals surface area contributed by atoms with E-state index < -0.39 is 23.7 Å². The van der Waals surface area contributed by atoms with E-state index in [2.05, 4.69) is 0 Å². The SMILES string of the molecule is CC(C)(C)OC(=O)N1CC(C)(C(=O)CO)C1. The predicted octanol–water partition coefficient (Wildman–Crippen LogP) is 0.805. The third kappa shape index (κ3) is 2.72. The monoisotopic (exact) mass is 229 g/mol. The maximum absolute atomic E-state index is 11.6. The number of hydrogen-bond donors (Lipinski definition) is 1. The van der Waals surface area contributed by atoms with Crippen LogP contribution in [0.15, 0.2) is 0 Å². The van der Waals surface area contributed by atoms with Crippen LogP contribution < -0.4 is 0 Å². The van der Waals surface area contributed by atoms with E-state index >= 15 is 0 Å². The fourth-order valence-electron chi connectivity index (χ4n) is 1.62. The average Bonchev–Trinajstić information content (AvgIpc) is 2.08. The summed E-state index contributed by atoms with van der Waals surface area (Å²) >= 11 is 0. The molecule has 0 aromatic rings. The molecule has 92 valence electrons. The first-order valence-corrected chi connectivity index (χ1v) is 5.30. The van der Waals surface area contributed by atoms with Gasteiger partial charge in [-0.05, 0) is 27.7 Å². The van der Waals surface area contributed by atoms with Crippen LogP contribution in [0.5, 0.6) is 0 Å². The molecule has 0 saturated carbocycles. The molecule has 0 bridgehead atoms. The molecule has 5 heteroatoms. The van der Waals surface area contributed by atoms with Crippen molar-refractivity contribution in [3.8, 4) is 0 Å². The van der Waals surface area contributed by atoms with Gasteiger partial charge in [0.25, 0.3) is 0 Å². The minimum Gasteiger partial charge on any atom is -0.444 e. The van der Waals surface area contributed by atoms with Gasteiger partial charge in [0.2, 0.25) is 0 Å². The summed E-state index contributed by atoms with van der Waals surface area (Å²) in [6, 6.07) is 0. The number of aliphatic hydroxyl groups excluding tert-OH is 1. The lowest BCUT2D eigenvalue weighted by Gasteiger charge is -2.46. The minimum atomic E-state index is -0.606. The third-order valence-electron chi connectivity index (χ3n) is 2.55. The number of aliphatic hydroxyl groups is 1. The van der Waals surface area contributed by atoms with E-state index in [0.717, 1.165) is 0 Å². The highest BCUT2D eigenvalue weighted by atomic mass is 16.6. The highest BCUT2D eigenvalue weighted by Gasteiger charge is 2.47. The zero-order valence-electron chi connectivity index (χ0n) is 10.2. The number of Topliss-reactive ketones (excluding diaryl/α,β-unsaturated/α-hetero) is 1. The number of carbonyl (C=O) groups is 2. The standard InChI is InChI=1S/C11H19NO4/c1-10(2,3)16-9(15)12-6-11(4,7-12)8(14)5-13/h13H,5-7H2,1-4H3. The second-order valence-electron chi connectivity index (χ2n) is 5.48. The van der Waals surface area contributed by atoms with Gasteiger partial charge in [0, 0.05) is 13.1 Å². The Balaban J connectivity index is 2.47. The number of likely N-dealkylation sites (tertiary alicyclic amines) is 1. The third-order valence-corrected chi connectivity index (χ3v) is 2.55. The summed E-state index contributed by atoms with van der Waals surface area (Å²) in [7, 11) is 0. The van der Waals surface area contributed by atoms with Crippen molar-refractivity contribution in [2.75, 3.05) is 19.7 Å². The van der Waals surface area contributed by atoms with Gasteiger partial charge in [0.1, 0.15) is 12.2 Å². The molecule has 0 atom stereocenters. The van der Waals surface area contributed by atoms with Crippen molar-refractivity contribution in [3.05, 3.63) is 0 Å². The van der Waals surface area contributed by atoms with Crippen LogP contribution in [0.25, 0.3) is 0 Å². The van der Waals surface area contributed by atoms with E-state index in [-0.39, 0.29) is 5.78 Å². The maximum atomic E-state index is 11.6. The first kappa shape index (κ1) is 13.0. The largest absolute Gasteiger partial charge is 0.444 e. The van der Waals surface area contributed by atoms with Gasteiger partial charge in [-0.3, -0.25) is 4.79 Å². The van der Waals surface area contributed by atoms with Crippen LogP contribution in [0.3, 0.4) is 0 Å². The Hall–Kier alpha value is -1.10. The molecular weight excluding hydrogens is 210 g/mol. The van der Waals surface area contributed by atoms with Gasteiger partial charge in [-0.25, -0.2) is 4.79 Å². The van der Waals surface area contributed by atoms with Crippen LogP contribution in [0.2, 0.25) is 0 Å². The summed E-state index contributed by atoms with van der Waals surface area (Å²) in [5.74, 6) is -0.229. The number of amides is 1. The van der Waals surface area contributed by atoms with Gasteiger partial charge in [0.15, 0.2) is 5.78 Å². The Kier molecular flexibility index (Phi) is 3.28. The molecule has 0 aromatic carbocycles. The van der Waals surface area contributed by atoms with Gasteiger partial charge < -0.3 is 14.7 Å². The Morgan fingerprint density at radius 2 is 1.88 bits per heavy atom. The fourth-order valence-corrected chi connectivity index (χ4v) is 1.62. The van der Waals surface area contributed by atoms with Crippen molar-refractivity contribution in [1.82, 2.24) is 4.90 Å². The second kappa shape index (κ2) is 4.05. The van der Waals surface area contributed by atoms with Crippen molar-refractivity contribution in [2.45, 2.75) is 33.3 Å². The number of ether oxygens (including phenoxy) is 1. The molecule has 0 aromatic heterocycles. The lowest BCUT2D eigenvalue weighted by Crippen LogP contribution is -2.61. The molecule has 5 nitrogen and oxygen atoms in total. The maximum Gasteiger partial charge on any atom is 0.410 e. The lowest BCUT2D eigenvalue weighted by molar-refractivity contribution is -0.139.